The highest BCUT2D eigenvalue weighted by Crippen LogP contribution is 2.28. The zero-order chi connectivity index (χ0) is 18.1. The topological polar surface area (TPSA) is 76.6 Å². The van der Waals surface area contributed by atoms with E-state index in [2.05, 4.69) is 31.2 Å². The first kappa shape index (κ1) is 18.8. The van der Waals surface area contributed by atoms with E-state index in [9.17, 15) is 4.79 Å². The number of hydrogen-bond acceptors (Lipinski definition) is 6. The smallest absolute Gasteiger partial charge is 0.410 e. The molecule has 7 nitrogen and oxygen atoms in total. The fraction of sp³-hybridized carbons (Fsp3) is 0.688. The van der Waals surface area contributed by atoms with Gasteiger partial charge in [-0.25, -0.2) is 9.78 Å². The van der Waals surface area contributed by atoms with Gasteiger partial charge in [-0.2, -0.15) is 4.98 Å². The molecule has 2 heterocycles. The van der Waals surface area contributed by atoms with Gasteiger partial charge in [-0.3, -0.25) is 4.90 Å². The molecule has 0 radical (unpaired) electrons. The molecule has 1 aliphatic rings. The summed E-state index contributed by atoms with van der Waals surface area (Å²) in [6.45, 7) is 12.7. The second-order valence-electron chi connectivity index (χ2n) is 7.74. The molecule has 0 spiro atoms. The third-order valence-corrected chi connectivity index (χ3v) is 3.53. The molecular formula is C16H25BrN4O3. The lowest BCUT2D eigenvalue weighted by atomic mass is 10.1. The number of fused-ring (bicyclic) bond motifs is 1. The van der Waals surface area contributed by atoms with Crippen LogP contribution in [0.5, 0.6) is 5.88 Å². The third-order valence-electron chi connectivity index (χ3n) is 2.97. The van der Waals surface area contributed by atoms with Crippen LogP contribution in [0.15, 0.2) is 4.60 Å². The minimum absolute atomic E-state index is 0.154. The summed E-state index contributed by atoms with van der Waals surface area (Å²) >= 11 is 3.43. The van der Waals surface area contributed by atoms with Crippen LogP contribution in [0.2, 0.25) is 0 Å². The third kappa shape index (κ3) is 5.22. The predicted octanol–water partition coefficient (Wildman–Crippen LogP) is 3.58. The maximum Gasteiger partial charge on any atom is 0.410 e. The summed E-state index contributed by atoms with van der Waals surface area (Å²) in [5.41, 5.74) is -0.0943. The van der Waals surface area contributed by atoms with Crippen LogP contribution in [-0.2, 0) is 11.3 Å². The van der Waals surface area contributed by atoms with Gasteiger partial charge in [-0.1, -0.05) is 0 Å². The normalized spacial score (nSPS) is 15.2. The average Bonchev–Trinajstić information content (AvgIpc) is 2.57. The summed E-state index contributed by atoms with van der Waals surface area (Å²) in [5, 5.41) is 3.28. The Morgan fingerprint density at radius 2 is 1.92 bits per heavy atom. The highest BCUT2D eigenvalue weighted by molar-refractivity contribution is 9.10. The minimum Gasteiger partial charge on any atom is -0.474 e. The number of halogens is 1. The molecule has 1 amide bonds. The van der Waals surface area contributed by atoms with E-state index in [1.807, 2.05) is 41.5 Å². The lowest BCUT2D eigenvalue weighted by molar-refractivity contribution is 0.0223. The number of carbonyl (C=O) groups excluding carboxylic acids is 1. The molecule has 0 atom stereocenters. The molecule has 0 saturated carbocycles. The number of hydrogen-bond donors (Lipinski definition) is 1. The molecule has 8 heteroatoms. The molecule has 1 aromatic heterocycles. The van der Waals surface area contributed by atoms with Crippen molar-refractivity contribution in [3.8, 4) is 5.88 Å². The molecule has 1 aromatic rings. The van der Waals surface area contributed by atoms with Crippen LogP contribution in [0.4, 0.5) is 10.6 Å². The Hall–Kier alpha value is -1.57. The van der Waals surface area contributed by atoms with Crippen molar-refractivity contribution in [1.82, 2.24) is 14.9 Å². The molecule has 0 fully saturated rings. The van der Waals surface area contributed by atoms with Gasteiger partial charge in [-0.05, 0) is 57.5 Å². The molecule has 134 valence electrons. The number of ether oxygens (including phenoxy) is 2. The fourth-order valence-corrected chi connectivity index (χ4v) is 2.48. The Bertz CT molecular complexity index is 623. The minimum atomic E-state index is -0.542. The standard InChI is InChI=1S/C16H25BrN4O3/c1-15(2,3)20-12-11(17)18-10-9-21(7-8-23-13(10)19-12)14(22)24-16(4,5)6/h7-9H2,1-6H3,(H,19,20). The number of rotatable bonds is 1. The van der Waals surface area contributed by atoms with Gasteiger partial charge in [0.2, 0.25) is 5.88 Å². The highest BCUT2D eigenvalue weighted by atomic mass is 79.9. The van der Waals surface area contributed by atoms with Crippen molar-refractivity contribution in [2.75, 3.05) is 18.5 Å². The van der Waals surface area contributed by atoms with Crippen LogP contribution in [-0.4, -0.2) is 45.3 Å². The van der Waals surface area contributed by atoms with Gasteiger partial charge in [0.1, 0.15) is 22.5 Å². The molecule has 0 saturated heterocycles. The van der Waals surface area contributed by atoms with Crippen LogP contribution in [0, 0.1) is 0 Å². The van der Waals surface area contributed by atoms with Gasteiger partial charge in [-0.15, -0.1) is 0 Å². The molecular weight excluding hydrogens is 376 g/mol. The van der Waals surface area contributed by atoms with Gasteiger partial charge in [0.15, 0.2) is 5.82 Å². The predicted molar refractivity (Wildman–Crippen MR) is 95.2 cm³/mol. The maximum atomic E-state index is 12.3. The zero-order valence-corrected chi connectivity index (χ0v) is 16.7. The molecule has 2 rings (SSSR count). The second kappa shape index (κ2) is 6.74. The largest absolute Gasteiger partial charge is 0.474 e. The van der Waals surface area contributed by atoms with Gasteiger partial charge in [0, 0.05) is 5.54 Å². The molecule has 0 bridgehead atoms. The maximum absolute atomic E-state index is 12.3. The lowest BCUT2D eigenvalue weighted by Crippen LogP contribution is -2.37. The molecule has 0 aromatic carbocycles. The average molecular weight is 401 g/mol. The first-order chi connectivity index (χ1) is 10.9. The van der Waals surface area contributed by atoms with E-state index in [1.165, 1.54) is 0 Å². The van der Waals surface area contributed by atoms with Crippen LogP contribution in [0.3, 0.4) is 0 Å². The van der Waals surface area contributed by atoms with Crippen molar-refractivity contribution < 1.29 is 14.3 Å². The summed E-state index contributed by atoms with van der Waals surface area (Å²) in [6.07, 6.45) is -0.381. The quantitative estimate of drug-likeness (QED) is 0.775. The summed E-state index contributed by atoms with van der Waals surface area (Å²) in [6, 6.07) is 0. The Morgan fingerprint density at radius 1 is 1.25 bits per heavy atom. The van der Waals surface area contributed by atoms with E-state index in [0.29, 0.717) is 41.7 Å². The summed E-state index contributed by atoms with van der Waals surface area (Å²) < 4.78 is 11.7. The summed E-state index contributed by atoms with van der Waals surface area (Å²) in [4.78, 5) is 22.9. The van der Waals surface area contributed by atoms with Crippen molar-refractivity contribution >= 4 is 27.8 Å². The van der Waals surface area contributed by atoms with Gasteiger partial charge < -0.3 is 14.8 Å². The van der Waals surface area contributed by atoms with E-state index in [4.69, 9.17) is 9.47 Å². The van der Waals surface area contributed by atoms with E-state index < -0.39 is 5.60 Å². The van der Waals surface area contributed by atoms with E-state index in [-0.39, 0.29) is 11.6 Å². The SMILES string of the molecule is CC(C)(C)Nc1nc2c(nc1Br)CN(C(=O)OC(C)(C)C)CCO2. The lowest BCUT2D eigenvalue weighted by Gasteiger charge is -2.25. The summed E-state index contributed by atoms with van der Waals surface area (Å²) in [7, 11) is 0. The van der Waals surface area contributed by atoms with Crippen LogP contribution in [0.25, 0.3) is 0 Å². The van der Waals surface area contributed by atoms with Crippen LogP contribution >= 0.6 is 15.9 Å². The van der Waals surface area contributed by atoms with Gasteiger partial charge >= 0.3 is 6.09 Å². The number of carbonyl (C=O) groups is 1. The molecule has 0 unspecified atom stereocenters. The molecule has 1 aliphatic heterocycles. The van der Waals surface area contributed by atoms with E-state index in [0.717, 1.165) is 0 Å². The molecule has 1 N–H and O–H groups in total. The Morgan fingerprint density at radius 3 is 2.50 bits per heavy atom. The first-order valence-corrected chi connectivity index (χ1v) is 8.69. The van der Waals surface area contributed by atoms with Gasteiger partial charge in [0.05, 0.1) is 13.1 Å². The fourth-order valence-electron chi connectivity index (χ4n) is 2.08. The number of nitrogens with zero attached hydrogens (tertiary/aromatic N) is 3. The second-order valence-corrected chi connectivity index (χ2v) is 8.49. The Kier molecular flexibility index (Phi) is 5.27. The van der Waals surface area contributed by atoms with E-state index >= 15 is 0 Å². The number of anilines is 1. The van der Waals surface area contributed by atoms with Crippen molar-refractivity contribution in [1.29, 1.82) is 0 Å². The zero-order valence-electron chi connectivity index (χ0n) is 15.1. The Labute approximate surface area is 151 Å². The van der Waals surface area contributed by atoms with Crippen molar-refractivity contribution in [2.24, 2.45) is 0 Å². The Balaban J connectivity index is 2.22. The van der Waals surface area contributed by atoms with Crippen LogP contribution < -0.4 is 10.1 Å². The highest BCUT2D eigenvalue weighted by Gasteiger charge is 2.27. The van der Waals surface area contributed by atoms with Crippen molar-refractivity contribution in [3.63, 3.8) is 0 Å². The number of aromatic nitrogens is 2. The number of amides is 1. The van der Waals surface area contributed by atoms with Crippen molar-refractivity contribution in [3.05, 3.63) is 10.3 Å². The van der Waals surface area contributed by atoms with E-state index in [1.54, 1.807) is 4.90 Å². The first-order valence-electron chi connectivity index (χ1n) is 7.90. The molecule has 24 heavy (non-hydrogen) atoms. The summed E-state index contributed by atoms with van der Waals surface area (Å²) in [5.74, 6) is 1.06. The van der Waals surface area contributed by atoms with Gasteiger partial charge in [0.25, 0.3) is 0 Å². The van der Waals surface area contributed by atoms with Crippen LogP contribution in [0.1, 0.15) is 47.2 Å². The molecule has 0 aliphatic carbocycles. The van der Waals surface area contributed by atoms with Crippen molar-refractivity contribution in [2.45, 2.75) is 59.2 Å². The monoisotopic (exact) mass is 400 g/mol. The number of nitrogens with one attached hydrogen (secondary N) is 1.